The zero-order chi connectivity index (χ0) is 15.3. The number of halogens is 3. The van der Waals surface area contributed by atoms with Crippen LogP contribution in [-0.4, -0.2) is 38.0 Å². The van der Waals surface area contributed by atoms with E-state index in [2.05, 4.69) is 20.5 Å². The lowest BCUT2D eigenvalue weighted by molar-refractivity contribution is -0.144. The summed E-state index contributed by atoms with van der Waals surface area (Å²) in [5.74, 6) is 1.01. The number of hydrogen-bond acceptors (Lipinski definition) is 6. The first kappa shape index (κ1) is 15.5. The van der Waals surface area contributed by atoms with E-state index < -0.39 is 12.7 Å². The van der Waals surface area contributed by atoms with E-state index in [1.165, 1.54) is 0 Å². The molecule has 2 rings (SSSR count). The lowest BCUT2D eigenvalue weighted by atomic mass is 10.4. The topological polar surface area (TPSA) is 65.7 Å². The van der Waals surface area contributed by atoms with Gasteiger partial charge in [-0.05, 0) is 29.5 Å². The maximum atomic E-state index is 12.3. The average molecular weight is 319 g/mol. The van der Waals surface area contributed by atoms with Crippen molar-refractivity contribution >= 4 is 11.8 Å². The van der Waals surface area contributed by atoms with E-state index in [0.717, 1.165) is 16.4 Å². The Morgan fingerprint density at radius 2 is 2.14 bits per heavy atom. The predicted molar refractivity (Wildman–Crippen MR) is 68.8 cm³/mol. The van der Waals surface area contributed by atoms with Gasteiger partial charge in [0, 0.05) is 5.75 Å². The maximum absolute atomic E-state index is 12.3. The molecule has 0 spiro atoms. The summed E-state index contributed by atoms with van der Waals surface area (Å²) in [5, 5.41) is 10.3. The second-order valence-electron chi connectivity index (χ2n) is 3.94. The smallest absolute Gasteiger partial charge is 0.408 e. The van der Waals surface area contributed by atoms with Crippen LogP contribution in [0.15, 0.2) is 23.5 Å². The Morgan fingerprint density at radius 3 is 2.76 bits per heavy atom. The number of aromatic nitrogens is 5. The molecule has 6 nitrogen and oxygen atoms in total. The third-order valence-corrected chi connectivity index (χ3v) is 3.28. The molecule has 21 heavy (non-hydrogen) atoms. The van der Waals surface area contributed by atoms with Crippen LogP contribution in [-0.2, 0) is 12.3 Å². The van der Waals surface area contributed by atoms with Gasteiger partial charge >= 0.3 is 6.18 Å². The molecule has 10 heteroatoms. The van der Waals surface area contributed by atoms with Crippen LogP contribution < -0.4 is 4.74 Å². The zero-order valence-corrected chi connectivity index (χ0v) is 11.9. The Morgan fingerprint density at radius 1 is 1.33 bits per heavy atom. The standard InChI is InChI=1S/C11H12F3N5OS/c1-2-20-9-4-3-8(15-5-9)6-21-10-16-17-18-19(10)7-11(12,13)14/h3-5H,2,6-7H2,1H3. The molecule has 0 saturated carbocycles. The number of thioether (sulfide) groups is 1. The first-order valence-electron chi connectivity index (χ1n) is 6.01. The van der Waals surface area contributed by atoms with Gasteiger partial charge in [-0.15, -0.1) is 5.10 Å². The van der Waals surface area contributed by atoms with Crippen LogP contribution in [0.3, 0.4) is 0 Å². The summed E-state index contributed by atoms with van der Waals surface area (Å²) in [5.41, 5.74) is 0.699. The number of nitrogens with zero attached hydrogens (tertiary/aromatic N) is 5. The van der Waals surface area contributed by atoms with E-state index in [1.807, 2.05) is 6.92 Å². The molecule has 0 aliphatic heterocycles. The number of pyridine rings is 1. The molecule has 0 radical (unpaired) electrons. The third-order valence-electron chi connectivity index (χ3n) is 2.29. The van der Waals surface area contributed by atoms with Crippen molar-refractivity contribution in [1.29, 1.82) is 0 Å². The molecule has 0 saturated heterocycles. The summed E-state index contributed by atoms with van der Waals surface area (Å²) >= 11 is 1.09. The lowest BCUT2D eigenvalue weighted by Gasteiger charge is -2.07. The van der Waals surface area contributed by atoms with E-state index in [4.69, 9.17) is 4.74 Å². The normalized spacial score (nSPS) is 11.6. The van der Waals surface area contributed by atoms with Crippen LogP contribution in [0, 0.1) is 0 Å². The largest absolute Gasteiger partial charge is 0.492 e. The number of tetrazole rings is 1. The van der Waals surface area contributed by atoms with Gasteiger partial charge < -0.3 is 4.74 Å². The Balaban J connectivity index is 1.95. The van der Waals surface area contributed by atoms with E-state index in [0.29, 0.717) is 23.8 Å². The van der Waals surface area contributed by atoms with Crippen molar-refractivity contribution in [3.8, 4) is 5.75 Å². The summed E-state index contributed by atoms with van der Waals surface area (Å²) in [6.45, 7) is 1.20. The highest BCUT2D eigenvalue weighted by Crippen LogP contribution is 2.23. The van der Waals surface area contributed by atoms with Gasteiger partial charge in [-0.3, -0.25) is 4.98 Å². The van der Waals surface area contributed by atoms with Crippen molar-refractivity contribution in [2.24, 2.45) is 0 Å². The van der Waals surface area contributed by atoms with Gasteiger partial charge in [-0.1, -0.05) is 11.8 Å². The molecule has 0 aromatic carbocycles. The fourth-order valence-electron chi connectivity index (χ4n) is 1.46. The summed E-state index contributed by atoms with van der Waals surface area (Å²) < 4.78 is 43.0. The molecule has 2 aromatic heterocycles. The molecule has 2 heterocycles. The van der Waals surface area contributed by atoms with Crippen LogP contribution in [0.1, 0.15) is 12.6 Å². The highest BCUT2D eigenvalue weighted by molar-refractivity contribution is 7.98. The minimum absolute atomic E-state index is 0.100. The molecule has 0 N–H and O–H groups in total. The van der Waals surface area contributed by atoms with Crippen LogP contribution in [0.2, 0.25) is 0 Å². The summed E-state index contributed by atoms with van der Waals surface area (Å²) in [6.07, 6.45) is -2.79. The van der Waals surface area contributed by atoms with Gasteiger partial charge in [0.25, 0.3) is 0 Å². The van der Waals surface area contributed by atoms with E-state index in [9.17, 15) is 13.2 Å². The summed E-state index contributed by atoms with van der Waals surface area (Å²) in [4.78, 5) is 4.16. The van der Waals surface area contributed by atoms with Crippen LogP contribution in [0.5, 0.6) is 5.75 Å². The Bertz CT molecular complexity index is 572. The number of alkyl halides is 3. The van der Waals surface area contributed by atoms with Gasteiger partial charge in [0.15, 0.2) is 0 Å². The molecule has 0 fully saturated rings. The molecule has 0 aliphatic carbocycles. The van der Waals surface area contributed by atoms with Crippen LogP contribution in [0.25, 0.3) is 0 Å². The van der Waals surface area contributed by atoms with E-state index >= 15 is 0 Å². The van der Waals surface area contributed by atoms with Gasteiger partial charge in [0.2, 0.25) is 5.16 Å². The van der Waals surface area contributed by atoms with Gasteiger partial charge in [-0.25, -0.2) is 4.68 Å². The minimum Gasteiger partial charge on any atom is -0.492 e. The summed E-state index contributed by atoms with van der Waals surface area (Å²) in [6, 6.07) is 3.50. The van der Waals surface area contributed by atoms with Crippen molar-refractivity contribution < 1.29 is 17.9 Å². The highest BCUT2D eigenvalue weighted by atomic mass is 32.2. The molecular weight excluding hydrogens is 307 g/mol. The van der Waals surface area contributed by atoms with Crippen molar-refractivity contribution in [2.45, 2.75) is 30.6 Å². The minimum atomic E-state index is -4.36. The zero-order valence-electron chi connectivity index (χ0n) is 11.0. The lowest BCUT2D eigenvalue weighted by Crippen LogP contribution is -2.19. The number of rotatable bonds is 6. The molecule has 2 aromatic rings. The molecule has 114 valence electrons. The quantitative estimate of drug-likeness (QED) is 0.761. The van der Waals surface area contributed by atoms with E-state index in [1.54, 1.807) is 18.3 Å². The highest BCUT2D eigenvalue weighted by Gasteiger charge is 2.30. The van der Waals surface area contributed by atoms with Crippen molar-refractivity contribution in [1.82, 2.24) is 25.2 Å². The average Bonchev–Trinajstić information content (AvgIpc) is 2.83. The first-order valence-corrected chi connectivity index (χ1v) is 7.00. The monoisotopic (exact) mass is 319 g/mol. The Hall–Kier alpha value is -1.84. The second-order valence-corrected chi connectivity index (χ2v) is 4.88. The fourth-order valence-corrected chi connectivity index (χ4v) is 2.25. The SMILES string of the molecule is CCOc1ccc(CSc2nnnn2CC(F)(F)F)nc1. The molecule has 0 bridgehead atoms. The van der Waals surface area contributed by atoms with Crippen LogP contribution in [0.4, 0.5) is 13.2 Å². The maximum Gasteiger partial charge on any atom is 0.408 e. The first-order chi connectivity index (χ1) is 9.98. The fraction of sp³-hybridized carbons (Fsp3) is 0.455. The number of hydrogen-bond donors (Lipinski definition) is 0. The van der Waals surface area contributed by atoms with E-state index in [-0.39, 0.29) is 5.16 Å². The number of ether oxygens (including phenoxy) is 1. The van der Waals surface area contributed by atoms with Gasteiger partial charge in [0.1, 0.15) is 12.3 Å². The molecular formula is C11H12F3N5OS. The predicted octanol–water partition coefficient (Wildman–Crippen LogP) is 2.32. The molecule has 0 atom stereocenters. The molecule has 0 unspecified atom stereocenters. The van der Waals surface area contributed by atoms with Gasteiger partial charge in [-0.2, -0.15) is 13.2 Å². The molecule has 0 aliphatic rings. The molecule has 0 amide bonds. The van der Waals surface area contributed by atoms with Gasteiger partial charge in [0.05, 0.1) is 18.5 Å². The van der Waals surface area contributed by atoms with Crippen molar-refractivity contribution in [3.05, 3.63) is 24.0 Å². The Kier molecular flexibility index (Phi) is 4.99. The van der Waals surface area contributed by atoms with Crippen molar-refractivity contribution in [2.75, 3.05) is 6.61 Å². The summed E-state index contributed by atoms with van der Waals surface area (Å²) in [7, 11) is 0. The third kappa shape index (κ3) is 4.88. The van der Waals surface area contributed by atoms with Crippen molar-refractivity contribution in [3.63, 3.8) is 0 Å². The second kappa shape index (κ2) is 6.74. The van der Waals surface area contributed by atoms with Crippen LogP contribution >= 0.6 is 11.8 Å². The Labute approximate surface area is 122 Å².